The van der Waals surface area contributed by atoms with Crippen LogP contribution in [0.1, 0.15) is 29.0 Å². The molecule has 1 atom stereocenters. The standard InChI is InChI=1S/C14H19N5O2/c1-9(13-11(20)8-19(4)17-13)16-14(21)10-5-6-12(15-7-10)18(2)3/h5-9,20H,1-4H3,(H,16,21). The van der Waals surface area contributed by atoms with Crippen LogP contribution in [0.15, 0.2) is 24.5 Å². The third-order valence-corrected chi connectivity index (χ3v) is 3.06. The zero-order valence-electron chi connectivity index (χ0n) is 12.5. The van der Waals surface area contributed by atoms with Gasteiger partial charge in [0.2, 0.25) is 0 Å². The highest BCUT2D eigenvalue weighted by molar-refractivity contribution is 5.94. The molecule has 0 aliphatic carbocycles. The molecule has 2 heterocycles. The average Bonchev–Trinajstić information content (AvgIpc) is 2.77. The summed E-state index contributed by atoms with van der Waals surface area (Å²) >= 11 is 0. The summed E-state index contributed by atoms with van der Waals surface area (Å²) in [5.41, 5.74) is 0.895. The van der Waals surface area contributed by atoms with Gasteiger partial charge in [0.25, 0.3) is 5.91 Å². The molecule has 1 unspecified atom stereocenters. The Kier molecular flexibility index (Phi) is 4.11. The molecule has 2 aromatic rings. The first kappa shape index (κ1) is 14.8. The van der Waals surface area contributed by atoms with Crippen LogP contribution >= 0.6 is 0 Å². The van der Waals surface area contributed by atoms with Gasteiger partial charge in [-0.3, -0.25) is 9.48 Å². The van der Waals surface area contributed by atoms with Crippen LogP contribution in [0, 0.1) is 0 Å². The van der Waals surface area contributed by atoms with Crippen LogP contribution in [0.4, 0.5) is 5.82 Å². The molecule has 0 spiro atoms. The first-order valence-corrected chi connectivity index (χ1v) is 6.55. The number of anilines is 1. The summed E-state index contributed by atoms with van der Waals surface area (Å²) in [4.78, 5) is 18.2. The van der Waals surface area contributed by atoms with E-state index in [1.165, 1.54) is 17.1 Å². The fourth-order valence-electron chi connectivity index (χ4n) is 1.93. The smallest absolute Gasteiger partial charge is 0.253 e. The molecular weight excluding hydrogens is 270 g/mol. The van der Waals surface area contributed by atoms with E-state index in [1.807, 2.05) is 19.0 Å². The molecule has 0 aliphatic heterocycles. The molecular formula is C14H19N5O2. The van der Waals surface area contributed by atoms with Gasteiger partial charge in [-0.05, 0) is 19.1 Å². The summed E-state index contributed by atoms with van der Waals surface area (Å²) in [5, 5.41) is 16.6. The molecule has 0 fully saturated rings. The molecule has 0 bridgehead atoms. The lowest BCUT2D eigenvalue weighted by Crippen LogP contribution is -2.27. The van der Waals surface area contributed by atoms with Gasteiger partial charge in [0.1, 0.15) is 11.5 Å². The summed E-state index contributed by atoms with van der Waals surface area (Å²) in [6.07, 6.45) is 3.01. The Labute approximate surface area is 123 Å². The molecule has 7 heteroatoms. The highest BCUT2D eigenvalue weighted by Gasteiger charge is 2.17. The van der Waals surface area contributed by atoms with E-state index in [-0.39, 0.29) is 11.7 Å². The highest BCUT2D eigenvalue weighted by Crippen LogP contribution is 2.21. The van der Waals surface area contributed by atoms with Gasteiger partial charge in [-0.25, -0.2) is 4.98 Å². The lowest BCUT2D eigenvalue weighted by molar-refractivity contribution is 0.0938. The van der Waals surface area contributed by atoms with Crippen LogP contribution in [0.25, 0.3) is 0 Å². The molecule has 7 nitrogen and oxygen atoms in total. The number of carbonyl (C=O) groups excluding carboxylic acids is 1. The normalized spacial score (nSPS) is 12.0. The zero-order valence-corrected chi connectivity index (χ0v) is 12.5. The Bertz CT molecular complexity index is 633. The summed E-state index contributed by atoms with van der Waals surface area (Å²) in [6, 6.07) is 3.09. The molecule has 0 aromatic carbocycles. The van der Waals surface area contributed by atoms with Gasteiger partial charge < -0.3 is 15.3 Å². The predicted octanol–water partition coefficient (Wildman–Crippen LogP) is 1.08. The van der Waals surface area contributed by atoms with Crippen molar-refractivity contribution in [1.29, 1.82) is 0 Å². The van der Waals surface area contributed by atoms with Crippen molar-refractivity contribution >= 4 is 11.7 Å². The molecule has 1 amide bonds. The van der Waals surface area contributed by atoms with Gasteiger partial charge in [0.15, 0.2) is 5.75 Å². The number of aromatic nitrogens is 3. The Balaban J connectivity index is 2.08. The second-order valence-corrected chi connectivity index (χ2v) is 5.07. The second kappa shape index (κ2) is 5.82. The molecule has 0 radical (unpaired) electrons. The Morgan fingerprint density at radius 2 is 2.14 bits per heavy atom. The Hall–Kier alpha value is -2.57. The number of hydrogen-bond donors (Lipinski definition) is 2. The van der Waals surface area contributed by atoms with E-state index in [0.717, 1.165) is 5.82 Å². The van der Waals surface area contributed by atoms with Crippen molar-refractivity contribution in [1.82, 2.24) is 20.1 Å². The Morgan fingerprint density at radius 3 is 2.62 bits per heavy atom. The van der Waals surface area contributed by atoms with Gasteiger partial charge in [-0.2, -0.15) is 5.10 Å². The summed E-state index contributed by atoms with van der Waals surface area (Å²) < 4.78 is 1.50. The number of rotatable bonds is 4. The third-order valence-electron chi connectivity index (χ3n) is 3.06. The van der Waals surface area contributed by atoms with Crippen molar-refractivity contribution in [3.05, 3.63) is 35.8 Å². The van der Waals surface area contributed by atoms with E-state index in [0.29, 0.717) is 11.3 Å². The number of amides is 1. The number of hydrogen-bond acceptors (Lipinski definition) is 5. The van der Waals surface area contributed by atoms with Gasteiger partial charge in [0.05, 0.1) is 17.8 Å². The van der Waals surface area contributed by atoms with Crippen molar-refractivity contribution in [3.8, 4) is 5.75 Å². The van der Waals surface area contributed by atoms with Crippen molar-refractivity contribution in [2.75, 3.05) is 19.0 Å². The zero-order chi connectivity index (χ0) is 15.6. The van der Waals surface area contributed by atoms with E-state index in [1.54, 1.807) is 26.1 Å². The lowest BCUT2D eigenvalue weighted by Gasteiger charge is -2.13. The predicted molar refractivity (Wildman–Crippen MR) is 79.3 cm³/mol. The maximum Gasteiger partial charge on any atom is 0.253 e. The molecule has 2 N–H and O–H groups in total. The second-order valence-electron chi connectivity index (χ2n) is 5.07. The minimum Gasteiger partial charge on any atom is -0.504 e. The maximum atomic E-state index is 12.1. The number of aromatic hydroxyl groups is 1. The summed E-state index contributed by atoms with van der Waals surface area (Å²) in [5.74, 6) is 0.582. The van der Waals surface area contributed by atoms with E-state index in [4.69, 9.17) is 0 Å². The first-order valence-electron chi connectivity index (χ1n) is 6.55. The van der Waals surface area contributed by atoms with Gasteiger partial charge in [-0.1, -0.05) is 0 Å². The molecule has 0 saturated carbocycles. The van der Waals surface area contributed by atoms with Crippen LogP contribution < -0.4 is 10.2 Å². The Morgan fingerprint density at radius 1 is 1.43 bits per heavy atom. The van der Waals surface area contributed by atoms with Crippen LogP contribution in [-0.4, -0.2) is 39.9 Å². The highest BCUT2D eigenvalue weighted by atomic mass is 16.3. The van der Waals surface area contributed by atoms with Crippen molar-refractivity contribution in [3.63, 3.8) is 0 Å². The summed E-state index contributed by atoms with van der Waals surface area (Å²) in [7, 11) is 5.48. The van der Waals surface area contributed by atoms with Crippen LogP contribution in [0.3, 0.4) is 0 Å². The van der Waals surface area contributed by atoms with E-state index in [2.05, 4.69) is 15.4 Å². The molecule has 21 heavy (non-hydrogen) atoms. The minimum absolute atomic E-state index is 0.0615. The SMILES string of the molecule is CC(NC(=O)c1ccc(N(C)C)nc1)c1nn(C)cc1O. The monoisotopic (exact) mass is 289 g/mol. The van der Waals surface area contributed by atoms with Gasteiger partial charge in [-0.15, -0.1) is 0 Å². The van der Waals surface area contributed by atoms with Gasteiger partial charge >= 0.3 is 0 Å². The molecule has 112 valence electrons. The largest absolute Gasteiger partial charge is 0.504 e. The molecule has 0 aliphatic rings. The fraction of sp³-hybridized carbons (Fsp3) is 0.357. The quantitative estimate of drug-likeness (QED) is 0.880. The average molecular weight is 289 g/mol. The number of aryl methyl sites for hydroxylation is 1. The fourth-order valence-corrected chi connectivity index (χ4v) is 1.93. The molecule has 2 rings (SSSR count). The number of pyridine rings is 1. The minimum atomic E-state index is -0.396. The van der Waals surface area contributed by atoms with Crippen molar-refractivity contribution in [2.24, 2.45) is 7.05 Å². The number of nitrogens with zero attached hydrogens (tertiary/aromatic N) is 4. The van der Waals surface area contributed by atoms with Crippen molar-refractivity contribution < 1.29 is 9.90 Å². The maximum absolute atomic E-state index is 12.1. The molecule has 2 aromatic heterocycles. The summed E-state index contributed by atoms with van der Waals surface area (Å²) in [6.45, 7) is 1.77. The first-order chi connectivity index (χ1) is 9.88. The van der Waals surface area contributed by atoms with E-state index < -0.39 is 6.04 Å². The van der Waals surface area contributed by atoms with Crippen LogP contribution in [0.2, 0.25) is 0 Å². The van der Waals surface area contributed by atoms with Gasteiger partial charge in [0, 0.05) is 27.3 Å². The van der Waals surface area contributed by atoms with Crippen LogP contribution in [0.5, 0.6) is 5.75 Å². The topological polar surface area (TPSA) is 83.3 Å². The van der Waals surface area contributed by atoms with E-state index in [9.17, 15) is 9.90 Å². The number of nitrogens with one attached hydrogen (secondary N) is 1. The molecule has 0 saturated heterocycles. The third kappa shape index (κ3) is 3.31. The van der Waals surface area contributed by atoms with Crippen LogP contribution in [-0.2, 0) is 7.05 Å². The number of carbonyl (C=O) groups is 1. The van der Waals surface area contributed by atoms with E-state index >= 15 is 0 Å². The van der Waals surface area contributed by atoms with Crippen molar-refractivity contribution in [2.45, 2.75) is 13.0 Å². The lowest BCUT2D eigenvalue weighted by atomic mass is 10.2.